The fraction of sp³-hybridized carbons (Fsp3) is 0.385. The minimum absolute atomic E-state index is 0.166. The molecular weight excluding hydrogens is 202 g/mol. The van der Waals surface area contributed by atoms with E-state index in [4.69, 9.17) is 4.74 Å². The van der Waals surface area contributed by atoms with Gasteiger partial charge in [-0.1, -0.05) is 18.2 Å². The van der Waals surface area contributed by atoms with E-state index in [0.29, 0.717) is 18.9 Å². The number of rotatable bonds is 1. The molecule has 0 N–H and O–H groups in total. The van der Waals surface area contributed by atoms with Gasteiger partial charge in [-0.15, -0.1) is 0 Å². The van der Waals surface area contributed by atoms with Gasteiger partial charge in [-0.2, -0.15) is 0 Å². The number of benzene rings is 1. The summed E-state index contributed by atoms with van der Waals surface area (Å²) < 4.78 is 5.53. The second-order valence-electron chi connectivity index (χ2n) is 4.25. The largest absolute Gasteiger partial charge is 0.473 e. The molecule has 0 spiro atoms. The maximum Gasteiger partial charge on any atom is 0.217 e. The zero-order chi connectivity index (χ0) is 11.0. The molecule has 1 fully saturated rings. The Labute approximate surface area is 94.1 Å². The van der Waals surface area contributed by atoms with E-state index >= 15 is 0 Å². The van der Waals surface area contributed by atoms with Crippen LogP contribution in [0.4, 0.5) is 0 Å². The van der Waals surface area contributed by atoms with E-state index < -0.39 is 0 Å². The van der Waals surface area contributed by atoms with Gasteiger partial charge in [0.25, 0.3) is 0 Å². The molecule has 2 aliphatic rings. The molecule has 1 unspecified atom stereocenters. The predicted octanol–water partition coefficient (Wildman–Crippen LogP) is 2.08. The summed E-state index contributed by atoms with van der Waals surface area (Å²) in [5.41, 5.74) is 2.20. The number of ketones is 1. The van der Waals surface area contributed by atoms with Crippen LogP contribution in [-0.2, 0) is 16.1 Å². The number of carbonyl (C=O) groups excluding carboxylic acids is 1. The van der Waals surface area contributed by atoms with E-state index in [1.54, 1.807) is 0 Å². The van der Waals surface area contributed by atoms with Gasteiger partial charge in [-0.3, -0.25) is 4.79 Å². The Morgan fingerprint density at radius 2 is 2.19 bits per heavy atom. The predicted molar refractivity (Wildman–Crippen MR) is 60.4 cm³/mol. The molecule has 1 aromatic rings. The highest BCUT2D eigenvalue weighted by molar-refractivity contribution is 5.99. The number of nitrogens with zero attached hydrogens (tertiary/aromatic N) is 1. The Morgan fingerprint density at radius 3 is 3.00 bits per heavy atom. The fourth-order valence-corrected chi connectivity index (χ4v) is 2.26. The van der Waals surface area contributed by atoms with Crippen LogP contribution in [-0.4, -0.2) is 17.7 Å². The molecule has 1 atom stereocenters. The number of fused-ring (bicyclic) bond motifs is 1. The van der Waals surface area contributed by atoms with Crippen molar-refractivity contribution in [1.82, 2.24) is 0 Å². The average molecular weight is 215 g/mol. The van der Waals surface area contributed by atoms with Gasteiger partial charge >= 0.3 is 0 Å². The monoisotopic (exact) mass is 215 g/mol. The summed E-state index contributed by atoms with van der Waals surface area (Å²) in [6, 6.07) is 7.83. The van der Waals surface area contributed by atoms with Crippen LogP contribution in [0.3, 0.4) is 0 Å². The standard InChI is InChI=1S/C13H13NO2/c15-12-7-3-6-11(12)14-13-10-5-2-1-4-9(10)8-16-13/h1-2,4-5,11H,3,6-8H2/b14-13-. The van der Waals surface area contributed by atoms with Gasteiger partial charge in [0.1, 0.15) is 12.6 Å². The molecule has 16 heavy (non-hydrogen) atoms. The van der Waals surface area contributed by atoms with E-state index in [1.807, 2.05) is 24.3 Å². The van der Waals surface area contributed by atoms with Crippen molar-refractivity contribution >= 4 is 11.7 Å². The fourth-order valence-electron chi connectivity index (χ4n) is 2.26. The van der Waals surface area contributed by atoms with E-state index in [9.17, 15) is 4.79 Å². The van der Waals surface area contributed by atoms with Crippen molar-refractivity contribution in [1.29, 1.82) is 0 Å². The maximum absolute atomic E-state index is 11.5. The van der Waals surface area contributed by atoms with Gasteiger partial charge in [-0.25, -0.2) is 4.99 Å². The second kappa shape index (κ2) is 3.74. The first-order valence-corrected chi connectivity index (χ1v) is 5.66. The van der Waals surface area contributed by atoms with Gasteiger partial charge < -0.3 is 4.74 Å². The van der Waals surface area contributed by atoms with Crippen molar-refractivity contribution in [3.8, 4) is 0 Å². The number of hydrogen-bond acceptors (Lipinski definition) is 3. The van der Waals surface area contributed by atoms with Gasteiger partial charge in [0.05, 0.1) is 0 Å². The van der Waals surface area contributed by atoms with Gasteiger partial charge in [0.2, 0.25) is 5.90 Å². The number of ether oxygens (including phenoxy) is 1. The lowest BCUT2D eigenvalue weighted by atomic mass is 10.1. The Balaban J connectivity index is 1.92. The Morgan fingerprint density at radius 1 is 1.31 bits per heavy atom. The third-order valence-corrected chi connectivity index (χ3v) is 3.16. The van der Waals surface area contributed by atoms with Crippen molar-refractivity contribution in [2.75, 3.05) is 0 Å². The van der Waals surface area contributed by atoms with Crippen LogP contribution in [0.5, 0.6) is 0 Å². The highest BCUT2D eigenvalue weighted by atomic mass is 16.5. The summed E-state index contributed by atoms with van der Waals surface area (Å²) in [6.07, 6.45) is 2.50. The zero-order valence-electron chi connectivity index (χ0n) is 8.98. The molecule has 1 saturated carbocycles. The Kier molecular flexibility index (Phi) is 2.24. The van der Waals surface area contributed by atoms with Gasteiger partial charge in [0, 0.05) is 17.5 Å². The Bertz CT molecular complexity index is 465. The molecular formula is C13H13NO2. The molecule has 1 aromatic carbocycles. The van der Waals surface area contributed by atoms with E-state index in [-0.39, 0.29) is 11.8 Å². The van der Waals surface area contributed by atoms with Crippen molar-refractivity contribution in [3.63, 3.8) is 0 Å². The molecule has 3 nitrogen and oxygen atoms in total. The van der Waals surface area contributed by atoms with Crippen molar-refractivity contribution in [3.05, 3.63) is 35.4 Å². The smallest absolute Gasteiger partial charge is 0.217 e. The highest BCUT2D eigenvalue weighted by Gasteiger charge is 2.27. The van der Waals surface area contributed by atoms with E-state index in [0.717, 1.165) is 24.0 Å². The van der Waals surface area contributed by atoms with Crippen LogP contribution in [0.25, 0.3) is 0 Å². The third-order valence-electron chi connectivity index (χ3n) is 3.16. The summed E-state index contributed by atoms with van der Waals surface area (Å²) >= 11 is 0. The molecule has 3 heteroatoms. The van der Waals surface area contributed by atoms with Crippen LogP contribution in [0.15, 0.2) is 29.3 Å². The molecule has 82 valence electrons. The number of carbonyl (C=O) groups is 1. The van der Waals surface area contributed by atoms with Crippen LogP contribution >= 0.6 is 0 Å². The first-order chi connectivity index (χ1) is 7.84. The molecule has 0 saturated heterocycles. The summed E-state index contributed by atoms with van der Waals surface area (Å²) in [6.45, 7) is 0.579. The molecule has 0 amide bonds. The topological polar surface area (TPSA) is 38.7 Å². The molecule has 1 aliphatic carbocycles. The average Bonchev–Trinajstić information content (AvgIpc) is 2.88. The van der Waals surface area contributed by atoms with Gasteiger partial charge in [0.15, 0.2) is 5.78 Å². The van der Waals surface area contributed by atoms with E-state index in [2.05, 4.69) is 4.99 Å². The summed E-state index contributed by atoms with van der Waals surface area (Å²) in [5.74, 6) is 0.899. The normalized spacial score (nSPS) is 25.9. The minimum Gasteiger partial charge on any atom is -0.473 e. The second-order valence-corrected chi connectivity index (χ2v) is 4.25. The quantitative estimate of drug-likeness (QED) is 0.719. The molecule has 0 radical (unpaired) electrons. The van der Waals surface area contributed by atoms with Crippen molar-refractivity contribution in [2.24, 2.45) is 4.99 Å². The lowest BCUT2D eigenvalue weighted by molar-refractivity contribution is -0.118. The number of hydrogen-bond donors (Lipinski definition) is 0. The first kappa shape index (κ1) is 9.58. The Hall–Kier alpha value is -1.64. The van der Waals surface area contributed by atoms with Crippen LogP contribution in [0.1, 0.15) is 30.4 Å². The molecule has 3 rings (SSSR count). The molecule has 1 heterocycles. The zero-order valence-corrected chi connectivity index (χ0v) is 8.98. The lowest BCUT2D eigenvalue weighted by Gasteiger charge is -2.03. The molecule has 0 bridgehead atoms. The van der Waals surface area contributed by atoms with Gasteiger partial charge in [-0.05, 0) is 18.9 Å². The molecule has 0 aromatic heterocycles. The van der Waals surface area contributed by atoms with Crippen molar-refractivity contribution < 1.29 is 9.53 Å². The van der Waals surface area contributed by atoms with E-state index in [1.165, 1.54) is 0 Å². The van der Waals surface area contributed by atoms with Crippen LogP contribution < -0.4 is 0 Å². The third kappa shape index (κ3) is 1.52. The summed E-state index contributed by atoms with van der Waals surface area (Å²) in [4.78, 5) is 16.0. The van der Waals surface area contributed by atoms with Crippen LogP contribution in [0, 0.1) is 0 Å². The highest BCUT2D eigenvalue weighted by Crippen LogP contribution is 2.23. The summed E-state index contributed by atoms with van der Waals surface area (Å²) in [5, 5.41) is 0. The first-order valence-electron chi connectivity index (χ1n) is 5.66. The van der Waals surface area contributed by atoms with Crippen LogP contribution in [0.2, 0.25) is 0 Å². The molecule has 1 aliphatic heterocycles. The SMILES string of the molecule is O=C1CCCC1/N=C1\OCc2ccccc21. The minimum atomic E-state index is -0.166. The number of Topliss-reactive ketones (excluding diaryl/α,β-unsaturated/α-hetero) is 1. The maximum atomic E-state index is 11.5. The lowest BCUT2D eigenvalue weighted by Crippen LogP contribution is -2.13. The summed E-state index contributed by atoms with van der Waals surface area (Å²) in [7, 11) is 0. The number of aliphatic imine (C=N–C) groups is 1. The van der Waals surface area contributed by atoms with Crippen molar-refractivity contribution in [2.45, 2.75) is 31.9 Å².